The Kier molecular flexibility index (Phi) is 13.9. The number of nitrogens with two attached hydrogens (primary N) is 1. The van der Waals surface area contributed by atoms with Gasteiger partial charge >= 0.3 is 17.6 Å². The van der Waals surface area contributed by atoms with Crippen LogP contribution in [0.4, 0.5) is 14.6 Å². The van der Waals surface area contributed by atoms with Crippen LogP contribution < -0.4 is 11.4 Å². The number of aliphatic hydroxyl groups excluding tert-OH is 2. The average molecular weight is 544 g/mol. The Morgan fingerprint density at radius 2 is 1.68 bits per heavy atom. The molecule has 2 heterocycles. The number of alkyl halides is 2. The number of rotatable bonds is 18. The van der Waals surface area contributed by atoms with Crippen LogP contribution in [0.3, 0.4) is 0 Å². The molecule has 1 aromatic heterocycles. The second-order valence-electron chi connectivity index (χ2n) is 9.88. The number of nitrogen functional groups attached to an aromatic ring is 1. The number of allylic oxidation sites excluding steroid dienone is 1. The highest BCUT2D eigenvalue weighted by Gasteiger charge is 2.62. The van der Waals surface area contributed by atoms with Crippen LogP contribution in [0.25, 0.3) is 0 Å². The lowest BCUT2D eigenvalue weighted by molar-refractivity contribution is -0.199. The van der Waals surface area contributed by atoms with Crippen molar-refractivity contribution >= 4 is 11.8 Å². The first-order valence-electron chi connectivity index (χ1n) is 13.8. The fourth-order valence-electron chi connectivity index (χ4n) is 4.44. The number of hydrogen-bond acceptors (Lipinski definition) is 8. The molecule has 4 atom stereocenters. The SMILES string of the molecule is CCCCCCCCCCCCCCC/C=C/C(=O)OC(O)[C@H]1O[C@@H](n2ccc(N)nc2=O)C(F)(F)[C@@H]1O. The summed E-state index contributed by atoms with van der Waals surface area (Å²) in [5.41, 5.74) is 4.24. The van der Waals surface area contributed by atoms with Gasteiger partial charge in [-0.15, -0.1) is 0 Å². The summed E-state index contributed by atoms with van der Waals surface area (Å²) in [6, 6.07) is 1.11. The van der Waals surface area contributed by atoms with E-state index in [4.69, 9.17) is 15.2 Å². The minimum atomic E-state index is -3.97. The highest BCUT2D eigenvalue weighted by Crippen LogP contribution is 2.43. The van der Waals surface area contributed by atoms with E-state index >= 15 is 0 Å². The second-order valence-corrected chi connectivity index (χ2v) is 9.88. The first-order chi connectivity index (χ1) is 18.2. The van der Waals surface area contributed by atoms with E-state index in [0.717, 1.165) is 37.6 Å². The summed E-state index contributed by atoms with van der Waals surface area (Å²) >= 11 is 0. The number of carbonyl (C=O) groups excluding carboxylic acids is 1. The number of hydrogen-bond donors (Lipinski definition) is 3. The van der Waals surface area contributed by atoms with Crippen molar-refractivity contribution in [3.63, 3.8) is 0 Å². The van der Waals surface area contributed by atoms with Gasteiger partial charge in [-0.05, 0) is 18.9 Å². The molecule has 0 spiro atoms. The third kappa shape index (κ3) is 10.1. The van der Waals surface area contributed by atoms with Crippen molar-refractivity contribution in [2.45, 2.75) is 127 Å². The number of aliphatic hydroxyl groups is 2. The Labute approximate surface area is 223 Å². The van der Waals surface area contributed by atoms with Crippen molar-refractivity contribution in [1.82, 2.24) is 9.55 Å². The number of ether oxygens (including phenoxy) is 2. The van der Waals surface area contributed by atoms with Gasteiger partial charge in [0.2, 0.25) is 12.5 Å². The largest absolute Gasteiger partial charge is 0.430 e. The molecule has 0 aromatic carbocycles. The lowest BCUT2D eigenvalue weighted by Gasteiger charge is -2.21. The van der Waals surface area contributed by atoms with Crippen LogP contribution in [0.15, 0.2) is 29.2 Å². The summed E-state index contributed by atoms with van der Waals surface area (Å²) in [4.78, 5) is 27.2. The normalized spacial score (nSPS) is 21.7. The maximum atomic E-state index is 14.6. The third-order valence-electron chi connectivity index (χ3n) is 6.67. The Hall–Kier alpha value is -2.37. The van der Waals surface area contributed by atoms with Gasteiger partial charge < -0.3 is 25.4 Å². The Bertz CT molecular complexity index is 926. The lowest BCUT2D eigenvalue weighted by Crippen LogP contribution is -2.44. The minimum Gasteiger partial charge on any atom is -0.430 e. The molecule has 0 saturated carbocycles. The summed E-state index contributed by atoms with van der Waals surface area (Å²) < 4.78 is 39.3. The standard InChI is InChI=1S/C27H43F2N3O6/c1-2-3-4-5-6-7-8-9-10-11-12-13-14-15-16-17-21(33)37-24(35)22-23(34)27(28,29)25(38-22)32-19-18-20(30)31-26(32)36/h16-19,22-25,34-35H,2-15H2,1H3,(H2,30,31,36)/b17-16+/t22-,23+,24?,25+/m0/s1. The molecule has 1 unspecified atom stereocenters. The van der Waals surface area contributed by atoms with Crippen LogP contribution in [-0.2, 0) is 14.3 Å². The van der Waals surface area contributed by atoms with Gasteiger partial charge in [-0.2, -0.15) is 13.8 Å². The fraction of sp³-hybridized carbons (Fsp3) is 0.741. The molecule has 9 nitrogen and oxygen atoms in total. The van der Waals surface area contributed by atoms with Crippen LogP contribution in [-0.4, -0.2) is 50.2 Å². The van der Waals surface area contributed by atoms with Crippen molar-refractivity contribution in [2.75, 3.05) is 5.73 Å². The molecule has 1 aromatic rings. The summed E-state index contributed by atoms with van der Waals surface area (Å²) in [6.07, 6.45) is 11.4. The molecule has 1 aliphatic rings. The van der Waals surface area contributed by atoms with Crippen LogP contribution >= 0.6 is 0 Å². The molecule has 0 bridgehead atoms. The van der Waals surface area contributed by atoms with E-state index in [2.05, 4.69) is 11.9 Å². The zero-order valence-electron chi connectivity index (χ0n) is 22.3. The van der Waals surface area contributed by atoms with E-state index in [1.165, 1.54) is 64.2 Å². The van der Waals surface area contributed by atoms with Gasteiger partial charge in [-0.25, -0.2) is 9.59 Å². The molecule has 4 N–H and O–H groups in total. The molecule has 0 aliphatic carbocycles. The highest BCUT2D eigenvalue weighted by molar-refractivity contribution is 5.81. The first kappa shape index (κ1) is 31.8. The number of nitrogens with zero attached hydrogens (tertiary/aromatic N) is 2. The predicted octanol–water partition coefficient (Wildman–Crippen LogP) is 4.62. The number of carbonyl (C=O) groups is 1. The van der Waals surface area contributed by atoms with Crippen LogP contribution in [0.2, 0.25) is 0 Å². The topological polar surface area (TPSA) is 137 Å². The Morgan fingerprint density at radius 3 is 2.24 bits per heavy atom. The summed E-state index contributed by atoms with van der Waals surface area (Å²) in [5, 5.41) is 20.1. The van der Waals surface area contributed by atoms with Crippen LogP contribution in [0.5, 0.6) is 0 Å². The molecule has 216 valence electrons. The lowest BCUT2D eigenvalue weighted by atomic mass is 10.0. The maximum Gasteiger partial charge on any atom is 0.351 e. The van der Waals surface area contributed by atoms with Crippen LogP contribution in [0.1, 0.15) is 103 Å². The van der Waals surface area contributed by atoms with E-state index in [1.807, 2.05) is 0 Å². The van der Waals surface area contributed by atoms with Gasteiger partial charge in [0.15, 0.2) is 12.2 Å². The van der Waals surface area contributed by atoms with Crippen molar-refractivity contribution in [1.29, 1.82) is 0 Å². The van der Waals surface area contributed by atoms with Crippen molar-refractivity contribution in [3.8, 4) is 0 Å². The molecule has 1 fully saturated rings. The number of aromatic nitrogens is 2. The van der Waals surface area contributed by atoms with Crippen LogP contribution in [0, 0.1) is 0 Å². The summed E-state index contributed by atoms with van der Waals surface area (Å²) in [7, 11) is 0. The predicted molar refractivity (Wildman–Crippen MR) is 139 cm³/mol. The molecule has 2 rings (SSSR count). The number of esters is 1. The fourth-order valence-corrected chi connectivity index (χ4v) is 4.44. The Balaban J connectivity index is 1.62. The number of unbranched alkanes of at least 4 members (excludes halogenated alkanes) is 13. The Morgan fingerprint density at radius 1 is 1.13 bits per heavy atom. The van der Waals surface area contributed by atoms with E-state index in [9.17, 15) is 28.6 Å². The van der Waals surface area contributed by atoms with E-state index < -0.39 is 42.3 Å². The zero-order valence-corrected chi connectivity index (χ0v) is 22.3. The minimum absolute atomic E-state index is 0.177. The molecule has 1 aliphatic heterocycles. The highest BCUT2D eigenvalue weighted by atomic mass is 19.3. The van der Waals surface area contributed by atoms with E-state index in [-0.39, 0.29) is 5.82 Å². The van der Waals surface area contributed by atoms with Crippen molar-refractivity contribution in [2.24, 2.45) is 0 Å². The van der Waals surface area contributed by atoms with Gasteiger partial charge in [0, 0.05) is 12.3 Å². The van der Waals surface area contributed by atoms with Gasteiger partial charge in [0.25, 0.3) is 0 Å². The molecule has 0 amide bonds. The summed E-state index contributed by atoms with van der Waals surface area (Å²) in [6.45, 7) is 2.23. The third-order valence-corrected chi connectivity index (χ3v) is 6.67. The second kappa shape index (κ2) is 16.6. The smallest absolute Gasteiger partial charge is 0.351 e. The molecule has 11 heteroatoms. The molecular weight excluding hydrogens is 500 g/mol. The molecular formula is C27H43F2N3O6. The zero-order chi connectivity index (χ0) is 28.0. The van der Waals surface area contributed by atoms with Gasteiger partial charge in [0.05, 0.1) is 0 Å². The van der Waals surface area contributed by atoms with E-state index in [0.29, 0.717) is 11.0 Å². The van der Waals surface area contributed by atoms with Gasteiger partial charge in [-0.3, -0.25) is 4.57 Å². The average Bonchev–Trinajstić information content (AvgIpc) is 3.10. The van der Waals surface area contributed by atoms with E-state index in [1.54, 1.807) is 6.08 Å². The molecule has 1 saturated heterocycles. The quantitative estimate of drug-likeness (QED) is 0.106. The molecule has 0 radical (unpaired) electrons. The molecule has 38 heavy (non-hydrogen) atoms. The van der Waals surface area contributed by atoms with Crippen molar-refractivity contribution in [3.05, 3.63) is 34.9 Å². The number of anilines is 1. The summed E-state index contributed by atoms with van der Waals surface area (Å²) in [5.74, 6) is -5.10. The van der Waals surface area contributed by atoms with Gasteiger partial charge in [-0.1, -0.05) is 90.0 Å². The number of halogens is 2. The van der Waals surface area contributed by atoms with Gasteiger partial charge in [0.1, 0.15) is 5.82 Å². The first-order valence-corrected chi connectivity index (χ1v) is 13.8. The monoisotopic (exact) mass is 543 g/mol. The van der Waals surface area contributed by atoms with Crippen molar-refractivity contribution < 1.29 is 33.3 Å². The maximum absolute atomic E-state index is 14.6.